The van der Waals surface area contributed by atoms with E-state index in [0.29, 0.717) is 16.7 Å². The summed E-state index contributed by atoms with van der Waals surface area (Å²) in [5, 5.41) is 17.7. The van der Waals surface area contributed by atoms with Gasteiger partial charge in [-0.05, 0) is 29.3 Å². The third kappa shape index (κ3) is 2.06. The van der Waals surface area contributed by atoms with Gasteiger partial charge in [0.15, 0.2) is 0 Å². The third-order valence-corrected chi connectivity index (χ3v) is 2.55. The van der Waals surface area contributed by atoms with Crippen LogP contribution >= 0.6 is 0 Å². The van der Waals surface area contributed by atoms with Crippen molar-refractivity contribution >= 4 is 5.97 Å². The SMILES string of the molecule is N#Cc1ccc(-c2cccc(F)c2C(=O)O)cc1. The van der Waals surface area contributed by atoms with Crippen molar-refractivity contribution < 1.29 is 14.3 Å². The molecule has 0 aliphatic carbocycles. The van der Waals surface area contributed by atoms with Gasteiger partial charge in [-0.15, -0.1) is 0 Å². The first-order chi connectivity index (χ1) is 8.63. The van der Waals surface area contributed by atoms with Crippen LogP contribution in [0.1, 0.15) is 15.9 Å². The van der Waals surface area contributed by atoms with Gasteiger partial charge in [0.25, 0.3) is 0 Å². The van der Waals surface area contributed by atoms with Crippen molar-refractivity contribution in [1.29, 1.82) is 5.26 Å². The summed E-state index contributed by atoms with van der Waals surface area (Å²) in [7, 11) is 0. The molecule has 0 fully saturated rings. The molecule has 2 aromatic rings. The van der Waals surface area contributed by atoms with Crippen molar-refractivity contribution in [3.8, 4) is 17.2 Å². The van der Waals surface area contributed by atoms with Crippen LogP contribution in [0.2, 0.25) is 0 Å². The molecule has 0 bridgehead atoms. The van der Waals surface area contributed by atoms with Gasteiger partial charge in [0.2, 0.25) is 0 Å². The average Bonchev–Trinajstić information content (AvgIpc) is 2.38. The fourth-order valence-corrected chi connectivity index (χ4v) is 1.71. The molecule has 0 amide bonds. The molecule has 0 aliphatic rings. The quantitative estimate of drug-likeness (QED) is 0.878. The number of nitrogens with zero attached hydrogens (tertiary/aromatic N) is 1. The highest BCUT2D eigenvalue weighted by Crippen LogP contribution is 2.26. The molecule has 88 valence electrons. The predicted molar refractivity (Wildman–Crippen MR) is 63.5 cm³/mol. The molecule has 0 atom stereocenters. The van der Waals surface area contributed by atoms with E-state index in [9.17, 15) is 9.18 Å². The lowest BCUT2D eigenvalue weighted by atomic mass is 9.98. The van der Waals surface area contributed by atoms with Gasteiger partial charge in [0.1, 0.15) is 11.4 Å². The molecule has 0 saturated heterocycles. The number of aromatic carboxylic acids is 1. The zero-order chi connectivity index (χ0) is 13.1. The summed E-state index contributed by atoms with van der Waals surface area (Å²) in [6, 6.07) is 12.4. The Bertz CT molecular complexity index is 642. The molecule has 2 rings (SSSR count). The van der Waals surface area contributed by atoms with Gasteiger partial charge in [-0.25, -0.2) is 9.18 Å². The molecule has 0 saturated carbocycles. The molecule has 0 heterocycles. The van der Waals surface area contributed by atoms with Crippen molar-refractivity contribution in [2.24, 2.45) is 0 Å². The number of nitriles is 1. The first-order valence-electron chi connectivity index (χ1n) is 5.16. The van der Waals surface area contributed by atoms with E-state index in [0.717, 1.165) is 6.07 Å². The molecule has 0 aliphatic heterocycles. The van der Waals surface area contributed by atoms with Crippen LogP contribution in [0.25, 0.3) is 11.1 Å². The monoisotopic (exact) mass is 241 g/mol. The first kappa shape index (κ1) is 11.8. The zero-order valence-corrected chi connectivity index (χ0v) is 9.22. The second-order valence-electron chi connectivity index (χ2n) is 3.66. The van der Waals surface area contributed by atoms with E-state index in [2.05, 4.69) is 0 Å². The lowest BCUT2D eigenvalue weighted by Crippen LogP contribution is -2.03. The van der Waals surface area contributed by atoms with Gasteiger partial charge in [0.05, 0.1) is 11.6 Å². The number of hydrogen-bond acceptors (Lipinski definition) is 2. The summed E-state index contributed by atoms with van der Waals surface area (Å²) in [6.45, 7) is 0. The number of carbonyl (C=O) groups is 1. The number of carboxylic acids is 1. The Morgan fingerprint density at radius 1 is 1.17 bits per heavy atom. The van der Waals surface area contributed by atoms with E-state index >= 15 is 0 Å². The predicted octanol–water partition coefficient (Wildman–Crippen LogP) is 3.06. The number of carboxylic acid groups (broad SMARTS) is 1. The summed E-state index contributed by atoms with van der Waals surface area (Å²) in [6.07, 6.45) is 0. The van der Waals surface area contributed by atoms with Crippen LogP contribution in [0.4, 0.5) is 4.39 Å². The molecule has 2 aromatic carbocycles. The summed E-state index contributed by atoms with van der Waals surface area (Å²) >= 11 is 0. The number of hydrogen-bond donors (Lipinski definition) is 1. The normalized spacial score (nSPS) is 9.78. The summed E-state index contributed by atoms with van der Waals surface area (Å²) in [5.74, 6) is -2.09. The smallest absolute Gasteiger partial charge is 0.339 e. The molecular weight excluding hydrogens is 233 g/mol. The van der Waals surface area contributed by atoms with Crippen LogP contribution in [-0.4, -0.2) is 11.1 Å². The molecule has 3 nitrogen and oxygen atoms in total. The van der Waals surface area contributed by atoms with Crippen molar-refractivity contribution in [2.75, 3.05) is 0 Å². The number of rotatable bonds is 2. The maximum Gasteiger partial charge on any atom is 0.339 e. The van der Waals surface area contributed by atoms with Gasteiger partial charge >= 0.3 is 5.97 Å². The molecule has 1 N–H and O–H groups in total. The van der Waals surface area contributed by atoms with Gasteiger partial charge in [-0.1, -0.05) is 24.3 Å². The Morgan fingerprint density at radius 3 is 2.39 bits per heavy atom. The van der Waals surface area contributed by atoms with Crippen molar-refractivity contribution in [1.82, 2.24) is 0 Å². The van der Waals surface area contributed by atoms with Crippen LogP contribution in [0.3, 0.4) is 0 Å². The van der Waals surface area contributed by atoms with Crippen LogP contribution < -0.4 is 0 Å². The van der Waals surface area contributed by atoms with E-state index in [1.807, 2.05) is 6.07 Å². The Kier molecular flexibility index (Phi) is 3.07. The molecule has 18 heavy (non-hydrogen) atoms. The topological polar surface area (TPSA) is 61.1 Å². The van der Waals surface area contributed by atoms with Crippen molar-refractivity contribution in [3.63, 3.8) is 0 Å². The van der Waals surface area contributed by atoms with Crippen molar-refractivity contribution in [3.05, 3.63) is 59.4 Å². The van der Waals surface area contributed by atoms with Gasteiger partial charge in [-0.2, -0.15) is 5.26 Å². The van der Waals surface area contributed by atoms with E-state index in [-0.39, 0.29) is 5.56 Å². The maximum absolute atomic E-state index is 13.5. The van der Waals surface area contributed by atoms with Gasteiger partial charge in [0, 0.05) is 0 Å². The summed E-state index contributed by atoms with van der Waals surface area (Å²) in [4.78, 5) is 11.0. The fraction of sp³-hybridized carbons (Fsp3) is 0. The Labute approximate surface area is 103 Å². The Hall–Kier alpha value is -2.67. The lowest BCUT2D eigenvalue weighted by Gasteiger charge is -2.07. The second-order valence-corrected chi connectivity index (χ2v) is 3.66. The Morgan fingerprint density at radius 2 is 1.83 bits per heavy atom. The number of benzene rings is 2. The minimum atomic E-state index is -1.31. The second kappa shape index (κ2) is 4.68. The van der Waals surface area contributed by atoms with Crippen LogP contribution in [0.5, 0.6) is 0 Å². The highest BCUT2D eigenvalue weighted by atomic mass is 19.1. The van der Waals surface area contributed by atoms with E-state index < -0.39 is 11.8 Å². The van der Waals surface area contributed by atoms with Crippen molar-refractivity contribution in [2.45, 2.75) is 0 Å². The third-order valence-electron chi connectivity index (χ3n) is 2.55. The first-order valence-corrected chi connectivity index (χ1v) is 5.16. The highest BCUT2D eigenvalue weighted by molar-refractivity contribution is 5.96. The highest BCUT2D eigenvalue weighted by Gasteiger charge is 2.16. The maximum atomic E-state index is 13.5. The van der Waals surface area contributed by atoms with E-state index in [4.69, 9.17) is 10.4 Å². The van der Waals surface area contributed by atoms with Crippen LogP contribution in [-0.2, 0) is 0 Å². The van der Waals surface area contributed by atoms with Gasteiger partial charge in [-0.3, -0.25) is 0 Å². The standard InChI is InChI=1S/C14H8FNO2/c15-12-3-1-2-11(13(12)14(17)18)10-6-4-9(8-16)5-7-10/h1-7H,(H,17,18). The summed E-state index contributed by atoms with van der Waals surface area (Å²) < 4.78 is 13.5. The average molecular weight is 241 g/mol. The van der Waals surface area contributed by atoms with Crippen LogP contribution in [0.15, 0.2) is 42.5 Å². The van der Waals surface area contributed by atoms with E-state index in [1.54, 1.807) is 24.3 Å². The molecule has 0 aromatic heterocycles. The minimum Gasteiger partial charge on any atom is -0.478 e. The van der Waals surface area contributed by atoms with Gasteiger partial charge < -0.3 is 5.11 Å². The Balaban J connectivity index is 2.60. The van der Waals surface area contributed by atoms with Crippen LogP contribution in [0, 0.1) is 17.1 Å². The number of halogens is 1. The molecule has 0 spiro atoms. The fourth-order valence-electron chi connectivity index (χ4n) is 1.71. The molecule has 0 unspecified atom stereocenters. The minimum absolute atomic E-state index is 0.298. The zero-order valence-electron chi connectivity index (χ0n) is 9.22. The van der Waals surface area contributed by atoms with E-state index in [1.165, 1.54) is 12.1 Å². The molecule has 4 heteroatoms. The largest absolute Gasteiger partial charge is 0.478 e. The molecule has 0 radical (unpaired) electrons. The summed E-state index contributed by atoms with van der Waals surface area (Å²) in [5.41, 5.74) is 0.965. The molecular formula is C14H8FNO2. The lowest BCUT2D eigenvalue weighted by molar-refractivity contribution is 0.0693.